The van der Waals surface area contributed by atoms with Crippen LogP contribution >= 0.6 is 11.3 Å². The molecule has 116 valence electrons. The maximum absolute atomic E-state index is 12.0. The predicted molar refractivity (Wildman–Crippen MR) is 79.3 cm³/mol. The first-order valence-electron chi connectivity index (χ1n) is 6.72. The molecule has 0 aliphatic carbocycles. The molecular weight excluding hydrogens is 320 g/mol. The fraction of sp³-hybridized carbons (Fsp3) is 0.133. The lowest BCUT2D eigenvalue weighted by molar-refractivity contribution is 0.0438. The Balaban J connectivity index is 1.42. The Morgan fingerprint density at radius 3 is 3.00 bits per heavy atom. The minimum Gasteiger partial charge on any atom is -0.454 e. The van der Waals surface area contributed by atoms with Crippen LogP contribution in [0.3, 0.4) is 0 Å². The normalized spacial score (nSPS) is 12.3. The van der Waals surface area contributed by atoms with Crippen molar-refractivity contribution in [2.24, 2.45) is 0 Å². The Kier molecular flexibility index (Phi) is 3.43. The highest BCUT2D eigenvalue weighted by molar-refractivity contribution is 7.13. The lowest BCUT2D eigenvalue weighted by Gasteiger charge is -2.03. The Morgan fingerprint density at radius 1 is 1.22 bits per heavy atom. The van der Waals surface area contributed by atoms with Gasteiger partial charge in [0.15, 0.2) is 18.1 Å². The largest absolute Gasteiger partial charge is 0.454 e. The molecule has 1 aromatic carbocycles. The highest BCUT2D eigenvalue weighted by Crippen LogP contribution is 2.32. The molecule has 1 aliphatic rings. The number of thiophene rings is 1. The molecule has 0 fully saturated rings. The molecule has 0 saturated heterocycles. The fourth-order valence-electron chi connectivity index (χ4n) is 2.05. The van der Waals surface area contributed by atoms with Gasteiger partial charge in [-0.25, -0.2) is 4.79 Å². The number of benzene rings is 1. The molecule has 0 spiro atoms. The minimum absolute atomic E-state index is 0.0916. The van der Waals surface area contributed by atoms with E-state index < -0.39 is 5.97 Å². The first-order chi connectivity index (χ1) is 11.3. The number of fused-ring (bicyclic) bond motifs is 1. The molecule has 2 aromatic heterocycles. The SMILES string of the molecule is O=C(OCc1nnc(-c2cccs2)o1)c1ccc2c(c1)OCO2. The van der Waals surface area contributed by atoms with Gasteiger partial charge in [-0.1, -0.05) is 6.07 Å². The minimum atomic E-state index is -0.501. The Hall–Kier alpha value is -2.87. The van der Waals surface area contributed by atoms with E-state index in [-0.39, 0.29) is 19.3 Å². The van der Waals surface area contributed by atoms with Gasteiger partial charge in [0.25, 0.3) is 11.8 Å². The number of hydrogen-bond donors (Lipinski definition) is 0. The summed E-state index contributed by atoms with van der Waals surface area (Å²) in [5.41, 5.74) is 0.368. The second kappa shape index (κ2) is 5.73. The van der Waals surface area contributed by atoms with Crippen molar-refractivity contribution in [3.63, 3.8) is 0 Å². The predicted octanol–water partition coefficient (Wildman–Crippen LogP) is 2.88. The van der Waals surface area contributed by atoms with Gasteiger partial charge in [0.1, 0.15) is 0 Å². The van der Waals surface area contributed by atoms with Crippen LogP contribution in [0.1, 0.15) is 16.2 Å². The third-order valence-corrected chi connectivity index (χ3v) is 3.99. The summed E-state index contributed by atoms with van der Waals surface area (Å²) in [7, 11) is 0. The number of rotatable bonds is 4. The third kappa shape index (κ3) is 2.76. The molecule has 23 heavy (non-hydrogen) atoms. The zero-order valence-corrected chi connectivity index (χ0v) is 12.5. The van der Waals surface area contributed by atoms with Crippen molar-refractivity contribution in [2.45, 2.75) is 6.61 Å². The summed E-state index contributed by atoms with van der Waals surface area (Å²) < 4.78 is 21.1. The van der Waals surface area contributed by atoms with Gasteiger partial charge in [0.2, 0.25) is 6.79 Å². The summed E-state index contributed by atoms with van der Waals surface area (Å²) in [6.45, 7) is 0.0625. The Labute approximate surface area is 134 Å². The van der Waals surface area contributed by atoms with E-state index in [0.717, 1.165) is 4.88 Å². The molecular formula is C15H10N2O5S. The summed E-state index contributed by atoms with van der Waals surface area (Å²) in [4.78, 5) is 12.9. The molecule has 0 N–H and O–H groups in total. The molecule has 3 aromatic rings. The van der Waals surface area contributed by atoms with Crippen molar-refractivity contribution in [1.29, 1.82) is 0 Å². The molecule has 8 heteroatoms. The monoisotopic (exact) mass is 330 g/mol. The summed E-state index contributed by atoms with van der Waals surface area (Å²) in [5, 5.41) is 9.70. The molecule has 4 rings (SSSR count). The van der Waals surface area contributed by atoms with Crippen LogP contribution in [-0.2, 0) is 11.3 Å². The molecule has 3 heterocycles. The van der Waals surface area contributed by atoms with Gasteiger partial charge in [0, 0.05) is 0 Å². The zero-order chi connectivity index (χ0) is 15.6. The van der Waals surface area contributed by atoms with Gasteiger partial charge in [-0.15, -0.1) is 21.5 Å². The maximum atomic E-state index is 12.0. The van der Waals surface area contributed by atoms with Gasteiger partial charge < -0.3 is 18.6 Å². The number of carbonyl (C=O) groups excluding carboxylic acids is 1. The zero-order valence-electron chi connectivity index (χ0n) is 11.7. The van der Waals surface area contributed by atoms with E-state index in [4.69, 9.17) is 18.6 Å². The van der Waals surface area contributed by atoms with Crippen molar-refractivity contribution < 1.29 is 23.4 Å². The van der Waals surface area contributed by atoms with Crippen molar-refractivity contribution in [2.75, 3.05) is 6.79 Å². The number of aromatic nitrogens is 2. The number of carbonyl (C=O) groups is 1. The Bertz CT molecular complexity index is 843. The van der Waals surface area contributed by atoms with Gasteiger partial charge in [-0.3, -0.25) is 0 Å². The lowest BCUT2D eigenvalue weighted by Crippen LogP contribution is -2.05. The summed E-state index contributed by atoms with van der Waals surface area (Å²) in [6, 6.07) is 8.63. The molecule has 1 aliphatic heterocycles. The second-order valence-electron chi connectivity index (χ2n) is 4.62. The quantitative estimate of drug-likeness (QED) is 0.680. The van der Waals surface area contributed by atoms with Crippen LogP contribution in [0.5, 0.6) is 11.5 Å². The van der Waals surface area contributed by atoms with Crippen LogP contribution in [0.4, 0.5) is 0 Å². The van der Waals surface area contributed by atoms with Crippen molar-refractivity contribution in [3.8, 4) is 22.3 Å². The average Bonchev–Trinajstić information content (AvgIpc) is 3.32. The van der Waals surface area contributed by atoms with Gasteiger partial charge in [-0.05, 0) is 29.6 Å². The van der Waals surface area contributed by atoms with Crippen molar-refractivity contribution >= 4 is 17.3 Å². The molecule has 0 amide bonds. The van der Waals surface area contributed by atoms with Crippen molar-refractivity contribution in [1.82, 2.24) is 10.2 Å². The Morgan fingerprint density at radius 2 is 2.13 bits per heavy atom. The van der Waals surface area contributed by atoms with Crippen LogP contribution in [-0.4, -0.2) is 23.0 Å². The van der Waals surface area contributed by atoms with E-state index in [2.05, 4.69) is 10.2 Å². The van der Waals surface area contributed by atoms with E-state index >= 15 is 0 Å². The van der Waals surface area contributed by atoms with E-state index in [9.17, 15) is 4.79 Å². The number of hydrogen-bond acceptors (Lipinski definition) is 8. The standard InChI is InChI=1S/C15H10N2O5S/c18-15(9-3-4-10-11(6-9)21-8-20-10)19-7-13-16-17-14(22-13)12-2-1-5-23-12/h1-6H,7-8H2. The molecule has 0 radical (unpaired) electrons. The van der Waals surface area contributed by atoms with E-state index in [1.165, 1.54) is 11.3 Å². The van der Waals surface area contributed by atoms with Gasteiger partial charge in [0.05, 0.1) is 10.4 Å². The number of ether oxygens (including phenoxy) is 3. The smallest absolute Gasteiger partial charge is 0.338 e. The topological polar surface area (TPSA) is 83.7 Å². The molecule has 0 unspecified atom stereocenters. The first kappa shape index (κ1) is 13.8. The second-order valence-corrected chi connectivity index (χ2v) is 5.57. The highest BCUT2D eigenvalue weighted by atomic mass is 32.1. The molecule has 0 atom stereocenters. The molecule has 0 bridgehead atoms. The highest BCUT2D eigenvalue weighted by Gasteiger charge is 2.18. The van der Waals surface area contributed by atoms with Crippen LogP contribution in [0.15, 0.2) is 40.1 Å². The fourth-order valence-corrected chi connectivity index (χ4v) is 2.69. The van der Waals surface area contributed by atoms with Crippen LogP contribution in [0, 0.1) is 0 Å². The van der Waals surface area contributed by atoms with Crippen LogP contribution in [0.2, 0.25) is 0 Å². The lowest BCUT2D eigenvalue weighted by atomic mass is 10.2. The van der Waals surface area contributed by atoms with Crippen LogP contribution in [0.25, 0.3) is 10.8 Å². The number of nitrogens with zero attached hydrogens (tertiary/aromatic N) is 2. The summed E-state index contributed by atoms with van der Waals surface area (Å²) >= 11 is 1.49. The number of esters is 1. The summed E-state index contributed by atoms with van der Waals surface area (Å²) in [5.74, 6) is 1.28. The van der Waals surface area contributed by atoms with Crippen LogP contribution < -0.4 is 9.47 Å². The first-order valence-corrected chi connectivity index (χ1v) is 7.60. The van der Waals surface area contributed by atoms with Gasteiger partial charge in [-0.2, -0.15) is 0 Å². The summed E-state index contributed by atoms with van der Waals surface area (Å²) in [6.07, 6.45) is 0. The average molecular weight is 330 g/mol. The van der Waals surface area contributed by atoms with E-state index in [1.807, 2.05) is 17.5 Å². The van der Waals surface area contributed by atoms with E-state index in [1.54, 1.807) is 18.2 Å². The molecule has 0 saturated carbocycles. The van der Waals surface area contributed by atoms with E-state index in [0.29, 0.717) is 23.0 Å². The van der Waals surface area contributed by atoms with Crippen molar-refractivity contribution in [3.05, 3.63) is 47.2 Å². The van der Waals surface area contributed by atoms with Gasteiger partial charge >= 0.3 is 5.97 Å². The molecule has 7 nitrogen and oxygen atoms in total. The maximum Gasteiger partial charge on any atom is 0.338 e. The third-order valence-electron chi connectivity index (χ3n) is 3.13.